The van der Waals surface area contributed by atoms with E-state index >= 15 is 0 Å². The van der Waals surface area contributed by atoms with Crippen molar-refractivity contribution in [3.05, 3.63) is 45.4 Å². The summed E-state index contributed by atoms with van der Waals surface area (Å²) < 4.78 is 5.57. The van der Waals surface area contributed by atoms with Gasteiger partial charge in [0.05, 0.1) is 7.11 Å². The van der Waals surface area contributed by atoms with Crippen molar-refractivity contribution in [3.8, 4) is 5.75 Å². The zero-order valence-electron chi connectivity index (χ0n) is 15.7. The van der Waals surface area contributed by atoms with Crippen molar-refractivity contribution >= 4 is 11.3 Å². The summed E-state index contributed by atoms with van der Waals surface area (Å²) >= 11 is 1.48. The third-order valence-electron chi connectivity index (χ3n) is 4.03. The van der Waals surface area contributed by atoms with E-state index in [1.54, 1.807) is 7.11 Å². The molecule has 0 bridgehead atoms. The van der Waals surface area contributed by atoms with E-state index in [0.29, 0.717) is 17.3 Å². The first-order chi connectivity index (χ1) is 11.1. The maximum atomic E-state index is 11.7. The minimum Gasteiger partial charge on any atom is -0.496 e. The number of rotatable bonds is 5. The maximum absolute atomic E-state index is 11.7. The van der Waals surface area contributed by atoms with Gasteiger partial charge in [0.15, 0.2) is 5.60 Å². The van der Waals surface area contributed by atoms with Gasteiger partial charge < -0.3 is 14.7 Å². The molecule has 0 aliphatic carbocycles. The molecule has 1 unspecified atom stereocenters. The SMILES string of the molecule is COc1ccc(C(C)(C)C)cc1C(O)(CN(C)C)c1nc(C)cs1. The van der Waals surface area contributed by atoms with Crippen molar-refractivity contribution in [2.45, 2.75) is 38.7 Å². The number of likely N-dealkylation sites (N-methyl/N-ethyl adjacent to an activating group) is 1. The van der Waals surface area contributed by atoms with Gasteiger partial charge >= 0.3 is 0 Å². The van der Waals surface area contributed by atoms with Crippen LogP contribution in [-0.4, -0.2) is 42.7 Å². The van der Waals surface area contributed by atoms with Crippen molar-refractivity contribution in [1.29, 1.82) is 0 Å². The van der Waals surface area contributed by atoms with Gasteiger partial charge in [0.25, 0.3) is 0 Å². The zero-order chi connectivity index (χ0) is 18.1. The number of hydrogen-bond donors (Lipinski definition) is 1. The Morgan fingerprint density at radius 3 is 2.38 bits per heavy atom. The molecule has 0 saturated heterocycles. The number of aromatic nitrogens is 1. The second-order valence-corrected chi connectivity index (χ2v) is 8.42. The Morgan fingerprint density at radius 1 is 1.25 bits per heavy atom. The molecule has 0 saturated carbocycles. The van der Waals surface area contributed by atoms with Gasteiger partial charge in [-0.05, 0) is 44.1 Å². The van der Waals surface area contributed by atoms with Crippen LogP contribution in [0.3, 0.4) is 0 Å². The molecule has 1 aromatic heterocycles. The first kappa shape index (κ1) is 18.9. The summed E-state index contributed by atoms with van der Waals surface area (Å²) in [7, 11) is 5.54. The van der Waals surface area contributed by atoms with Gasteiger partial charge in [-0.25, -0.2) is 4.98 Å². The van der Waals surface area contributed by atoms with Crippen molar-refractivity contribution < 1.29 is 9.84 Å². The predicted octanol–water partition coefficient (Wildman–Crippen LogP) is 3.56. The first-order valence-corrected chi connectivity index (χ1v) is 8.94. The lowest BCUT2D eigenvalue weighted by molar-refractivity contribution is 0.0486. The van der Waals surface area contributed by atoms with Crippen LogP contribution >= 0.6 is 11.3 Å². The highest BCUT2D eigenvalue weighted by Crippen LogP contribution is 2.40. The van der Waals surface area contributed by atoms with Crippen LogP contribution in [0.4, 0.5) is 0 Å². The number of thiazole rings is 1. The fraction of sp³-hybridized carbons (Fsp3) is 0.526. The standard InChI is InChI=1S/C19H28N2O2S/c1-13-11-24-17(20-13)19(22,12-21(5)6)15-10-14(18(2,3)4)8-9-16(15)23-7/h8-11,22H,12H2,1-7H3. The van der Waals surface area contributed by atoms with Crippen LogP contribution in [0.25, 0.3) is 0 Å². The molecule has 2 rings (SSSR count). The normalized spacial score (nSPS) is 14.7. The van der Waals surface area contributed by atoms with Gasteiger partial charge in [-0.1, -0.05) is 26.8 Å². The Bertz CT molecular complexity index is 704. The Kier molecular flexibility index (Phi) is 5.37. The van der Waals surface area contributed by atoms with Crippen LogP contribution in [0.5, 0.6) is 5.75 Å². The molecule has 132 valence electrons. The molecular formula is C19H28N2O2S. The second kappa shape index (κ2) is 6.82. The van der Waals surface area contributed by atoms with E-state index in [-0.39, 0.29) is 5.41 Å². The monoisotopic (exact) mass is 348 g/mol. The number of hydrogen-bond acceptors (Lipinski definition) is 5. The number of aryl methyl sites for hydroxylation is 1. The van der Waals surface area contributed by atoms with Crippen LogP contribution in [0.1, 0.15) is 42.6 Å². The van der Waals surface area contributed by atoms with Gasteiger partial charge in [0.1, 0.15) is 10.8 Å². The highest BCUT2D eigenvalue weighted by molar-refractivity contribution is 7.09. The lowest BCUT2D eigenvalue weighted by Gasteiger charge is -2.32. The van der Waals surface area contributed by atoms with Gasteiger partial charge in [0.2, 0.25) is 0 Å². The van der Waals surface area contributed by atoms with Gasteiger partial charge in [-0.3, -0.25) is 0 Å². The van der Waals surface area contributed by atoms with E-state index in [1.165, 1.54) is 11.3 Å². The molecule has 1 aromatic carbocycles. The average Bonchev–Trinajstić information content (AvgIpc) is 2.92. The summed E-state index contributed by atoms with van der Waals surface area (Å²) in [6.07, 6.45) is 0. The molecule has 0 amide bonds. The first-order valence-electron chi connectivity index (χ1n) is 8.06. The van der Waals surface area contributed by atoms with E-state index < -0.39 is 5.60 Å². The minimum atomic E-state index is -1.21. The molecule has 1 atom stereocenters. The molecule has 0 aliphatic rings. The van der Waals surface area contributed by atoms with Gasteiger partial charge in [-0.2, -0.15) is 0 Å². The van der Waals surface area contributed by atoms with E-state index in [0.717, 1.165) is 16.8 Å². The van der Waals surface area contributed by atoms with Gasteiger partial charge in [-0.15, -0.1) is 11.3 Å². The van der Waals surface area contributed by atoms with Crippen LogP contribution in [0.2, 0.25) is 0 Å². The molecule has 1 heterocycles. The lowest BCUT2D eigenvalue weighted by Crippen LogP contribution is -2.39. The molecule has 0 radical (unpaired) electrons. The molecule has 24 heavy (non-hydrogen) atoms. The van der Waals surface area contributed by atoms with E-state index in [4.69, 9.17) is 4.74 Å². The van der Waals surface area contributed by atoms with E-state index in [1.807, 2.05) is 37.4 Å². The lowest BCUT2D eigenvalue weighted by atomic mass is 9.83. The largest absolute Gasteiger partial charge is 0.496 e. The predicted molar refractivity (Wildman–Crippen MR) is 100 cm³/mol. The second-order valence-electron chi connectivity index (χ2n) is 7.56. The van der Waals surface area contributed by atoms with Crippen LogP contribution in [-0.2, 0) is 11.0 Å². The summed E-state index contributed by atoms with van der Waals surface area (Å²) in [4.78, 5) is 6.54. The van der Waals surface area contributed by atoms with Crippen LogP contribution in [0.15, 0.2) is 23.6 Å². The van der Waals surface area contributed by atoms with E-state index in [2.05, 4.69) is 37.9 Å². The Morgan fingerprint density at radius 2 is 1.92 bits per heavy atom. The molecule has 0 aliphatic heterocycles. The Labute approximate surface area is 149 Å². The number of ether oxygens (including phenoxy) is 1. The molecule has 5 heteroatoms. The zero-order valence-corrected chi connectivity index (χ0v) is 16.5. The quantitative estimate of drug-likeness (QED) is 0.897. The molecule has 2 aromatic rings. The van der Waals surface area contributed by atoms with Crippen molar-refractivity contribution in [2.75, 3.05) is 27.7 Å². The molecule has 0 fully saturated rings. The van der Waals surface area contributed by atoms with Crippen LogP contribution in [0, 0.1) is 6.92 Å². The number of nitrogens with zero attached hydrogens (tertiary/aromatic N) is 2. The van der Waals surface area contributed by atoms with Gasteiger partial charge in [0, 0.05) is 23.2 Å². The highest BCUT2D eigenvalue weighted by Gasteiger charge is 2.38. The topological polar surface area (TPSA) is 45.6 Å². The number of methoxy groups -OCH3 is 1. The molecule has 4 nitrogen and oxygen atoms in total. The van der Waals surface area contributed by atoms with Crippen LogP contribution < -0.4 is 4.74 Å². The number of aliphatic hydroxyl groups is 1. The number of benzene rings is 1. The Hall–Kier alpha value is -1.43. The summed E-state index contributed by atoms with van der Waals surface area (Å²) in [6, 6.07) is 6.06. The molecular weight excluding hydrogens is 320 g/mol. The highest BCUT2D eigenvalue weighted by atomic mass is 32.1. The minimum absolute atomic E-state index is 0.0150. The van der Waals surface area contributed by atoms with Crippen molar-refractivity contribution in [1.82, 2.24) is 9.88 Å². The summed E-state index contributed by atoms with van der Waals surface area (Å²) in [6.45, 7) is 8.87. The third kappa shape index (κ3) is 3.79. The Balaban J connectivity index is 2.69. The summed E-state index contributed by atoms with van der Waals surface area (Å²) in [5, 5.41) is 14.3. The molecule has 0 spiro atoms. The fourth-order valence-electron chi connectivity index (χ4n) is 2.77. The molecule has 1 N–H and O–H groups in total. The fourth-order valence-corrected chi connectivity index (χ4v) is 3.67. The average molecular weight is 349 g/mol. The van der Waals surface area contributed by atoms with Crippen molar-refractivity contribution in [2.24, 2.45) is 0 Å². The summed E-state index contributed by atoms with van der Waals surface area (Å²) in [5.41, 5.74) is 1.61. The summed E-state index contributed by atoms with van der Waals surface area (Å²) in [5.74, 6) is 0.681. The van der Waals surface area contributed by atoms with Crippen molar-refractivity contribution in [3.63, 3.8) is 0 Å². The maximum Gasteiger partial charge on any atom is 0.157 e. The smallest absolute Gasteiger partial charge is 0.157 e. The third-order valence-corrected chi connectivity index (χ3v) is 5.14. The van der Waals surface area contributed by atoms with E-state index in [9.17, 15) is 5.11 Å².